The van der Waals surface area contributed by atoms with E-state index >= 15 is 0 Å². The molecular formula is C25H24ClFN6O2. The first-order valence-electron chi connectivity index (χ1n) is 11.3. The van der Waals surface area contributed by atoms with E-state index in [1.165, 1.54) is 12.1 Å². The second kappa shape index (κ2) is 9.97. The van der Waals surface area contributed by atoms with Gasteiger partial charge in [-0.3, -0.25) is 9.48 Å². The number of rotatable bonds is 6. The molecule has 0 unspecified atom stereocenters. The van der Waals surface area contributed by atoms with Crippen molar-refractivity contribution in [3.63, 3.8) is 0 Å². The molecule has 4 heterocycles. The van der Waals surface area contributed by atoms with Gasteiger partial charge in [0.05, 0.1) is 22.3 Å². The molecule has 0 bridgehead atoms. The average molecular weight is 495 g/mol. The third-order valence-corrected chi connectivity index (χ3v) is 6.27. The third-order valence-electron chi connectivity index (χ3n) is 5.96. The Hall–Kier alpha value is -3.56. The number of halogens is 2. The van der Waals surface area contributed by atoms with Gasteiger partial charge in [-0.1, -0.05) is 17.7 Å². The standard InChI is InChI=1S/C25H24ClFN6O2/c1-33-9-6-20(32-33)24(15-2-4-18(26)19(27)12-15)31-25(34)21-5-3-16-14-28-23(13-22(16)30-21)29-17-7-10-35-11-8-17/h2-6,9,12-14,17,24H,7-8,10-11H2,1H3,(H,28,29)(H,31,34)/t24-/m0/s1. The second-order valence-electron chi connectivity index (χ2n) is 8.48. The van der Waals surface area contributed by atoms with Crippen molar-refractivity contribution in [1.29, 1.82) is 0 Å². The predicted molar refractivity (Wildman–Crippen MR) is 131 cm³/mol. The van der Waals surface area contributed by atoms with Crippen LogP contribution in [0.3, 0.4) is 0 Å². The number of ether oxygens (including phenoxy) is 1. The lowest BCUT2D eigenvalue weighted by Crippen LogP contribution is -2.30. The monoisotopic (exact) mass is 494 g/mol. The summed E-state index contributed by atoms with van der Waals surface area (Å²) in [6, 6.07) is 11.1. The fourth-order valence-electron chi connectivity index (χ4n) is 4.08. The maximum atomic E-state index is 14.2. The molecule has 1 aromatic carbocycles. The highest BCUT2D eigenvalue weighted by molar-refractivity contribution is 6.30. The first-order valence-corrected chi connectivity index (χ1v) is 11.7. The minimum absolute atomic E-state index is 0.00909. The van der Waals surface area contributed by atoms with Crippen LogP contribution in [0.5, 0.6) is 0 Å². The van der Waals surface area contributed by atoms with Gasteiger partial charge in [-0.25, -0.2) is 14.4 Å². The van der Waals surface area contributed by atoms with E-state index in [4.69, 9.17) is 16.3 Å². The fourth-order valence-corrected chi connectivity index (χ4v) is 4.20. The quantitative estimate of drug-likeness (QED) is 0.416. The third kappa shape index (κ3) is 5.26. The molecule has 2 N–H and O–H groups in total. The van der Waals surface area contributed by atoms with Crippen LogP contribution >= 0.6 is 11.6 Å². The molecule has 1 fully saturated rings. The lowest BCUT2D eigenvalue weighted by atomic mass is 10.0. The largest absolute Gasteiger partial charge is 0.381 e. The van der Waals surface area contributed by atoms with E-state index in [1.54, 1.807) is 48.4 Å². The van der Waals surface area contributed by atoms with Crippen LogP contribution in [0.1, 0.15) is 40.6 Å². The number of anilines is 1. The molecule has 1 aliphatic rings. The maximum Gasteiger partial charge on any atom is 0.270 e. The van der Waals surface area contributed by atoms with E-state index in [0.717, 1.165) is 31.4 Å². The fraction of sp³-hybridized carbons (Fsp3) is 0.280. The zero-order valence-electron chi connectivity index (χ0n) is 19.0. The Labute approximate surface area is 206 Å². The summed E-state index contributed by atoms with van der Waals surface area (Å²) >= 11 is 5.86. The van der Waals surface area contributed by atoms with Gasteiger partial charge in [-0.15, -0.1) is 0 Å². The van der Waals surface area contributed by atoms with Gasteiger partial charge < -0.3 is 15.4 Å². The molecule has 180 valence electrons. The van der Waals surface area contributed by atoms with Crippen molar-refractivity contribution in [2.45, 2.75) is 24.9 Å². The molecule has 3 aromatic heterocycles. The topological polar surface area (TPSA) is 94.0 Å². The summed E-state index contributed by atoms with van der Waals surface area (Å²) in [5.74, 6) is -0.272. The van der Waals surface area contributed by atoms with Gasteiger partial charge in [0.1, 0.15) is 17.3 Å². The van der Waals surface area contributed by atoms with Crippen molar-refractivity contribution < 1.29 is 13.9 Å². The zero-order valence-corrected chi connectivity index (χ0v) is 19.8. The minimum atomic E-state index is -0.684. The number of aromatic nitrogens is 4. The summed E-state index contributed by atoms with van der Waals surface area (Å²) < 4.78 is 21.2. The van der Waals surface area contributed by atoms with E-state index in [0.29, 0.717) is 28.6 Å². The van der Waals surface area contributed by atoms with Crippen LogP contribution in [-0.2, 0) is 11.8 Å². The number of carbonyl (C=O) groups is 1. The number of hydrogen-bond acceptors (Lipinski definition) is 6. The molecule has 5 rings (SSSR count). The highest BCUT2D eigenvalue weighted by Crippen LogP contribution is 2.25. The number of hydrogen-bond donors (Lipinski definition) is 2. The Morgan fingerprint density at radius 2 is 2.03 bits per heavy atom. The number of aryl methyl sites for hydroxylation is 1. The summed E-state index contributed by atoms with van der Waals surface area (Å²) in [6.45, 7) is 1.45. The van der Waals surface area contributed by atoms with Crippen LogP contribution in [0, 0.1) is 5.82 Å². The Balaban J connectivity index is 1.41. The minimum Gasteiger partial charge on any atom is -0.381 e. The molecular weight excluding hydrogens is 471 g/mol. The van der Waals surface area contributed by atoms with Crippen molar-refractivity contribution in [1.82, 2.24) is 25.1 Å². The molecule has 35 heavy (non-hydrogen) atoms. The molecule has 0 aliphatic carbocycles. The number of fused-ring (bicyclic) bond motifs is 1. The highest BCUT2D eigenvalue weighted by Gasteiger charge is 2.22. The number of benzene rings is 1. The Kier molecular flexibility index (Phi) is 6.61. The molecule has 0 spiro atoms. The molecule has 0 saturated carbocycles. The second-order valence-corrected chi connectivity index (χ2v) is 8.89. The first-order chi connectivity index (χ1) is 17.0. The van der Waals surface area contributed by atoms with Gasteiger partial charge in [0.15, 0.2) is 0 Å². The molecule has 10 heteroatoms. The van der Waals surface area contributed by atoms with E-state index < -0.39 is 17.8 Å². The number of carbonyl (C=O) groups excluding carboxylic acids is 1. The number of nitrogens with zero attached hydrogens (tertiary/aromatic N) is 4. The summed E-state index contributed by atoms with van der Waals surface area (Å²) in [4.78, 5) is 22.3. The van der Waals surface area contributed by atoms with E-state index in [2.05, 4.69) is 25.7 Å². The van der Waals surface area contributed by atoms with Gasteiger partial charge in [-0.05, 0) is 48.7 Å². The molecule has 8 nitrogen and oxygen atoms in total. The molecule has 1 saturated heterocycles. The first kappa shape index (κ1) is 23.2. The van der Waals surface area contributed by atoms with Crippen molar-refractivity contribution in [2.75, 3.05) is 18.5 Å². The normalized spacial score (nSPS) is 15.2. The molecule has 1 amide bonds. The molecule has 4 aromatic rings. The van der Waals surface area contributed by atoms with Gasteiger partial charge in [0.25, 0.3) is 5.91 Å². The number of amides is 1. The van der Waals surface area contributed by atoms with Crippen molar-refractivity contribution in [3.8, 4) is 0 Å². The van der Waals surface area contributed by atoms with Crippen molar-refractivity contribution in [3.05, 3.63) is 82.6 Å². The zero-order chi connectivity index (χ0) is 24.4. The summed E-state index contributed by atoms with van der Waals surface area (Å²) in [7, 11) is 1.77. The maximum absolute atomic E-state index is 14.2. The van der Waals surface area contributed by atoms with Gasteiger partial charge >= 0.3 is 0 Å². The van der Waals surface area contributed by atoms with Crippen molar-refractivity contribution >= 4 is 34.2 Å². The van der Waals surface area contributed by atoms with Gasteiger partial charge in [-0.2, -0.15) is 5.10 Å². The van der Waals surface area contributed by atoms with Gasteiger partial charge in [0.2, 0.25) is 0 Å². The van der Waals surface area contributed by atoms with Crippen LogP contribution in [0.25, 0.3) is 10.9 Å². The van der Waals surface area contributed by atoms with Crippen LogP contribution < -0.4 is 10.6 Å². The molecule has 1 atom stereocenters. The molecule has 1 aliphatic heterocycles. The van der Waals surface area contributed by atoms with Crippen LogP contribution in [-0.4, -0.2) is 44.9 Å². The van der Waals surface area contributed by atoms with Crippen LogP contribution in [0.4, 0.5) is 10.2 Å². The summed E-state index contributed by atoms with van der Waals surface area (Å²) in [5, 5.41) is 11.6. The number of pyridine rings is 2. The lowest BCUT2D eigenvalue weighted by molar-refractivity contribution is 0.0903. The summed E-state index contributed by atoms with van der Waals surface area (Å²) in [6.07, 6.45) is 5.32. The summed E-state index contributed by atoms with van der Waals surface area (Å²) in [5.41, 5.74) is 1.97. The lowest BCUT2D eigenvalue weighted by Gasteiger charge is -2.23. The van der Waals surface area contributed by atoms with E-state index in [1.807, 2.05) is 6.07 Å². The average Bonchev–Trinajstić information content (AvgIpc) is 3.30. The van der Waals surface area contributed by atoms with Crippen LogP contribution in [0.15, 0.2) is 54.9 Å². The Morgan fingerprint density at radius 3 is 2.77 bits per heavy atom. The van der Waals surface area contributed by atoms with E-state index in [-0.39, 0.29) is 10.7 Å². The predicted octanol–water partition coefficient (Wildman–Crippen LogP) is 4.27. The van der Waals surface area contributed by atoms with Crippen molar-refractivity contribution in [2.24, 2.45) is 7.05 Å². The molecule has 0 radical (unpaired) electrons. The Bertz CT molecular complexity index is 1370. The van der Waals surface area contributed by atoms with Crippen LogP contribution in [0.2, 0.25) is 5.02 Å². The van der Waals surface area contributed by atoms with E-state index in [9.17, 15) is 9.18 Å². The van der Waals surface area contributed by atoms with Gasteiger partial charge in [0, 0.05) is 50.1 Å². The Morgan fingerprint density at radius 1 is 1.20 bits per heavy atom. The SMILES string of the molecule is Cn1ccc([C@@H](NC(=O)c2ccc3cnc(NC4CCOCC4)cc3n2)c2ccc(Cl)c(F)c2)n1. The number of nitrogens with one attached hydrogen (secondary N) is 2. The highest BCUT2D eigenvalue weighted by atomic mass is 35.5. The smallest absolute Gasteiger partial charge is 0.270 e.